The topological polar surface area (TPSA) is 69.0 Å². The van der Waals surface area contributed by atoms with Gasteiger partial charge in [0.25, 0.3) is 5.91 Å². The lowest BCUT2D eigenvalue weighted by Gasteiger charge is -2.12. The number of fused-ring (bicyclic) bond motifs is 1. The van der Waals surface area contributed by atoms with E-state index >= 15 is 0 Å². The van der Waals surface area contributed by atoms with Crippen molar-refractivity contribution in [2.45, 2.75) is 33.4 Å². The third-order valence-electron chi connectivity index (χ3n) is 4.78. The van der Waals surface area contributed by atoms with E-state index in [1.165, 1.54) is 0 Å². The Balaban J connectivity index is 1.54. The third-order valence-corrected chi connectivity index (χ3v) is 5.10. The van der Waals surface area contributed by atoms with Crippen molar-refractivity contribution < 1.29 is 9.53 Å². The molecular formula is C24H23ClN4O2. The number of imidazole rings is 1. The van der Waals surface area contributed by atoms with Gasteiger partial charge >= 0.3 is 0 Å². The van der Waals surface area contributed by atoms with Crippen LogP contribution in [0.25, 0.3) is 16.9 Å². The lowest BCUT2D eigenvalue weighted by molar-refractivity contribution is 0.0951. The molecule has 0 radical (unpaired) electrons. The van der Waals surface area contributed by atoms with Crippen LogP contribution in [0.4, 0.5) is 0 Å². The van der Waals surface area contributed by atoms with Crippen molar-refractivity contribution in [2.75, 3.05) is 0 Å². The lowest BCUT2D eigenvalue weighted by Crippen LogP contribution is -2.23. The fraction of sp³-hybridized carbons (Fsp3) is 0.208. The zero-order valence-electron chi connectivity index (χ0n) is 17.6. The minimum Gasteiger partial charge on any atom is -0.491 e. The number of nitrogens with one attached hydrogen (secondary N) is 1. The van der Waals surface area contributed by atoms with Gasteiger partial charge in [0.1, 0.15) is 17.1 Å². The Labute approximate surface area is 185 Å². The molecule has 0 aliphatic heterocycles. The Morgan fingerprint density at radius 3 is 2.68 bits per heavy atom. The Bertz CT molecular complexity index is 1230. The second kappa shape index (κ2) is 8.78. The van der Waals surface area contributed by atoms with Crippen molar-refractivity contribution in [3.8, 4) is 11.4 Å². The van der Waals surface area contributed by atoms with E-state index in [4.69, 9.17) is 16.3 Å². The summed E-state index contributed by atoms with van der Waals surface area (Å²) in [6.07, 6.45) is 1.83. The smallest absolute Gasteiger partial charge is 0.251 e. The SMILES string of the molecule is Cc1nc2cccnc2n1-c1cc(C(=O)NCc2ccc(OC(C)C)cc2)ccc1Cl. The molecule has 1 amide bonds. The van der Waals surface area contributed by atoms with Gasteiger partial charge in [-0.3, -0.25) is 9.36 Å². The maximum absolute atomic E-state index is 12.8. The summed E-state index contributed by atoms with van der Waals surface area (Å²) in [5, 5.41) is 3.47. The molecule has 2 heterocycles. The van der Waals surface area contributed by atoms with Crippen LogP contribution >= 0.6 is 11.6 Å². The fourth-order valence-electron chi connectivity index (χ4n) is 3.38. The van der Waals surface area contributed by atoms with Gasteiger partial charge in [0.2, 0.25) is 0 Å². The summed E-state index contributed by atoms with van der Waals surface area (Å²) in [4.78, 5) is 21.8. The molecule has 0 spiro atoms. The summed E-state index contributed by atoms with van der Waals surface area (Å²) in [5.41, 5.74) is 3.64. The fourth-order valence-corrected chi connectivity index (χ4v) is 3.58. The molecule has 0 bridgehead atoms. The Morgan fingerprint density at radius 2 is 1.94 bits per heavy atom. The number of carbonyl (C=O) groups is 1. The molecule has 0 aliphatic carbocycles. The van der Waals surface area contributed by atoms with Gasteiger partial charge in [-0.1, -0.05) is 23.7 Å². The average Bonchev–Trinajstić information content (AvgIpc) is 3.08. The number of pyridine rings is 1. The minimum atomic E-state index is -0.185. The average molecular weight is 435 g/mol. The molecule has 0 saturated heterocycles. The quantitative estimate of drug-likeness (QED) is 0.458. The maximum Gasteiger partial charge on any atom is 0.251 e. The van der Waals surface area contributed by atoms with E-state index in [1.54, 1.807) is 24.4 Å². The molecule has 0 unspecified atom stereocenters. The Hall–Kier alpha value is -3.38. The van der Waals surface area contributed by atoms with Crippen LogP contribution in [0, 0.1) is 6.92 Å². The number of aromatic nitrogens is 3. The summed E-state index contributed by atoms with van der Waals surface area (Å²) >= 11 is 6.47. The van der Waals surface area contributed by atoms with Crippen molar-refractivity contribution >= 4 is 28.7 Å². The van der Waals surface area contributed by atoms with Gasteiger partial charge in [0, 0.05) is 18.3 Å². The first-order valence-corrected chi connectivity index (χ1v) is 10.4. The van der Waals surface area contributed by atoms with E-state index in [2.05, 4.69) is 15.3 Å². The highest BCUT2D eigenvalue weighted by Gasteiger charge is 2.15. The highest BCUT2D eigenvalue weighted by Crippen LogP contribution is 2.27. The summed E-state index contributed by atoms with van der Waals surface area (Å²) in [5.74, 6) is 1.37. The molecule has 0 saturated carbocycles. The lowest BCUT2D eigenvalue weighted by atomic mass is 10.1. The van der Waals surface area contributed by atoms with Crippen LogP contribution < -0.4 is 10.1 Å². The van der Waals surface area contributed by atoms with E-state index in [0.717, 1.165) is 22.7 Å². The molecule has 0 fully saturated rings. The van der Waals surface area contributed by atoms with Crippen LogP contribution in [0.1, 0.15) is 35.6 Å². The number of hydrogen-bond acceptors (Lipinski definition) is 4. The van der Waals surface area contributed by atoms with Crippen LogP contribution in [0.3, 0.4) is 0 Å². The predicted octanol–water partition coefficient (Wildman–Crippen LogP) is 5.10. The number of nitrogens with zero attached hydrogens (tertiary/aromatic N) is 3. The van der Waals surface area contributed by atoms with Gasteiger partial charge in [-0.25, -0.2) is 9.97 Å². The Kier molecular flexibility index (Phi) is 5.91. The number of aryl methyl sites for hydroxylation is 1. The Morgan fingerprint density at radius 1 is 1.16 bits per heavy atom. The van der Waals surface area contributed by atoms with E-state index < -0.39 is 0 Å². The molecule has 4 rings (SSSR count). The summed E-state index contributed by atoms with van der Waals surface area (Å²) in [6, 6.07) is 16.6. The number of halogens is 1. The molecule has 1 N–H and O–H groups in total. The summed E-state index contributed by atoms with van der Waals surface area (Å²) < 4.78 is 7.51. The zero-order chi connectivity index (χ0) is 22.0. The van der Waals surface area contributed by atoms with Crippen LogP contribution in [0.5, 0.6) is 5.75 Å². The van der Waals surface area contributed by atoms with Crippen molar-refractivity contribution in [3.63, 3.8) is 0 Å². The number of hydrogen-bond donors (Lipinski definition) is 1. The summed E-state index contributed by atoms with van der Waals surface area (Å²) in [6.45, 7) is 6.27. The molecule has 2 aromatic carbocycles. The minimum absolute atomic E-state index is 0.121. The second-order valence-corrected chi connectivity index (χ2v) is 7.91. The van der Waals surface area contributed by atoms with E-state index in [0.29, 0.717) is 28.5 Å². The maximum atomic E-state index is 12.8. The molecule has 158 valence electrons. The van der Waals surface area contributed by atoms with Gasteiger partial charge in [-0.15, -0.1) is 0 Å². The van der Waals surface area contributed by atoms with Gasteiger partial charge in [-0.2, -0.15) is 0 Å². The first-order valence-electron chi connectivity index (χ1n) is 10.1. The van der Waals surface area contributed by atoms with Gasteiger partial charge in [0.15, 0.2) is 5.65 Å². The number of rotatable bonds is 6. The van der Waals surface area contributed by atoms with Crippen molar-refractivity contribution in [1.29, 1.82) is 0 Å². The van der Waals surface area contributed by atoms with Crippen LogP contribution in [0.2, 0.25) is 5.02 Å². The first kappa shape index (κ1) is 20.9. The molecule has 6 nitrogen and oxygen atoms in total. The third kappa shape index (κ3) is 4.54. The normalized spacial score (nSPS) is 11.1. The highest BCUT2D eigenvalue weighted by atomic mass is 35.5. The van der Waals surface area contributed by atoms with Gasteiger partial charge in [0.05, 0.1) is 16.8 Å². The molecule has 7 heteroatoms. The zero-order valence-corrected chi connectivity index (χ0v) is 18.3. The standard InChI is InChI=1S/C24H23ClN4O2/c1-15(2)31-19-9-6-17(7-10-19)14-27-24(30)18-8-11-20(25)22(13-18)29-16(3)28-21-5-4-12-26-23(21)29/h4-13,15H,14H2,1-3H3,(H,27,30). The first-order chi connectivity index (χ1) is 14.9. The van der Waals surface area contributed by atoms with Gasteiger partial charge < -0.3 is 10.1 Å². The van der Waals surface area contributed by atoms with E-state index in [9.17, 15) is 4.79 Å². The predicted molar refractivity (Wildman–Crippen MR) is 122 cm³/mol. The molecular weight excluding hydrogens is 412 g/mol. The highest BCUT2D eigenvalue weighted by molar-refractivity contribution is 6.32. The molecule has 0 aliphatic rings. The number of carbonyl (C=O) groups excluding carboxylic acids is 1. The number of amides is 1. The second-order valence-electron chi connectivity index (χ2n) is 7.50. The van der Waals surface area contributed by atoms with Crippen LogP contribution in [-0.2, 0) is 6.54 Å². The largest absolute Gasteiger partial charge is 0.491 e. The molecule has 4 aromatic rings. The van der Waals surface area contributed by atoms with Crippen LogP contribution in [-0.4, -0.2) is 26.5 Å². The van der Waals surface area contributed by atoms with Crippen LogP contribution in [0.15, 0.2) is 60.8 Å². The number of ether oxygens (including phenoxy) is 1. The molecule has 2 aromatic heterocycles. The molecule has 31 heavy (non-hydrogen) atoms. The monoisotopic (exact) mass is 434 g/mol. The van der Waals surface area contributed by atoms with Crippen molar-refractivity contribution in [3.05, 3.63) is 82.8 Å². The molecule has 0 atom stereocenters. The van der Waals surface area contributed by atoms with E-state index in [1.807, 2.05) is 61.7 Å². The summed E-state index contributed by atoms with van der Waals surface area (Å²) in [7, 11) is 0. The van der Waals surface area contributed by atoms with E-state index in [-0.39, 0.29) is 12.0 Å². The van der Waals surface area contributed by atoms with Gasteiger partial charge in [-0.05, 0) is 68.8 Å². The van der Waals surface area contributed by atoms with Crippen molar-refractivity contribution in [2.24, 2.45) is 0 Å². The van der Waals surface area contributed by atoms with Crippen molar-refractivity contribution in [1.82, 2.24) is 19.9 Å². The number of benzene rings is 2.